The van der Waals surface area contributed by atoms with Gasteiger partial charge in [-0.15, -0.1) is 18.2 Å². The number of hydrogen-bond acceptors (Lipinski definition) is 0. The zero-order valence-electron chi connectivity index (χ0n) is 6.78. The van der Waals surface area contributed by atoms with Crippen molar-refractivity contribution in [2.45, 2.75) is 32.6 Å². The molecule has 0 bridgehead atoms. The molecule has 0 aromatic rings. The highest BCUT2D eigenvalue weighted by Gasteiger charge is 1.97. The van der Waals surface area contributed by atoms with Crippen LogP contribution in [0.25, 0.3) is 0 Å². The van der Waals surface area contributed by atoms with E-state index < -0.39 is 0 Å². The minimum atomic E-state index is 0.687. The summed E-state index contributed by atoms with van der Waals surface area (Å²) >= 11 is 5.64. The van der Waals surface area contributed by atoms with Gasteiger partial charge in [-0.3, -0.25) is 0 Å². The number of rotatable bonds is 6. The van der Waals surface area contributed by atoms with E-state index in [1.54, 1.807) is 0 Å². The van der Waals surface area contributed by atoms with Crippen LogP contribution in [0, 0.1) is 5.92 Å². The Hall–Kier alpha value is 0.0300. The summed E-state index contributed by atoms with van der Waals surface area (Å²) in [7, 11) is 0. The van der Waals surface area contributed by atoms with E-state index in [0.29, 0.717) is 5.92 Å². The van der Waals surface area contributed by atoms with Gasteiger partial charge in [-0.05, 0) is 25.2 Å². The third kappa shape index (κ3) is 6.15. The maximum absolute atomic E-state index is 5.64. The molecule has 0 N–H and O–H groups in total. The van der Waals surface area contributed by atoms with Crippen molar-refractivity contribution in [3.05, 3.63) is 12.7 Å². The van der Waals surface area contributed by atoms with Crippen molar-refractivity contribution in [1.29, 1.82) is 0 Å². The second-order valence-corrected chi connectivity index (χ2v) is 3.14. The number of hydrogen-bond donors (Lipinski definition) is 0. The van der Waals surface area contributed by atoms with Gasteiger partial charge in [0.2, 0.25) is 0 Å². The molecule has 0 heterocycles. The third-order valence-corrected chi connectivity index (χ3v) is 2.15. The molecule has 0 aromatic heterocycles. The molecular formula is C9H17Cl. The average Bonchev–Trinajstić information content (AvgIpc) is 1.98. The molecule has 0 aliphatic carbocycles. The van der Waals surface area contributed by atoms with E-state index >= 15 is 0 Å². The van der Waals surface area contributed by atoms with Gasteiger partial charge in [0.05, 0.1) is 0 Å². The van der Waals surface area contributed by atoms with Crippen LogP contribution in [0.1, 0.15) is 32.6 Å². The van der Waals surface area contributed by atoms with Crippen LogP contribution in [-0.4, -0.2) is 5.88 Å². The number of allylic oxidation sites excluding steroid dienone is 1. The van der Waals surface area contributed by atoms with E-state index in [1.165, 1.54) is 19.3 Å². The largest absolute Gasteiger partial charge is 0.126 e. The van der Waals surface area contributed by atoms with Crippen molar-refractivity contribution in [3.63, 3.8) is 0 Å². The maximum Gasteiger partial charge on any atom is 0.0249 e. The van der Waals surface area contributed by atoms with Crippen molar-refractivity contribution >= 4 is 11.6 Å². The van der Waals surface area contributed by atoms with Crippen LogP contribution in [0.4, 0.5) is 0 Å². The second kappa shape index (κ2) is 7.14. The Kier molecular flexibility index (Phi) is 7.16. The maximum atomic E-state index is 5.64. The normalized spacial score (nSPS) is 13.0. The monoisotopic (exact) mass is 160 g/mol. The van der Waals surface area contributed by atoms with E-state index in [9.17, 15) is 0 Å². The van der Waals surface area contributed by atoms with E-state index in [1.807, 2.05) is 6.08 Å². The molecule has 1 heteroatoms. The SMILES string of the molecule is C=CCCCCC(C)CCl. The van der Waals surface area contributed by atoms with Gasteiger partial charge in [-0.2, -0.15) is 0 Å². The van der Waals surface area contributed by atoms with Gasteiger partial charge in [-0.1, -0.05) is 19.4 Å². The lowest BCUT2D eigenvalue weighted by Crippen LogP contribution is -1.94. The highest BCUT2D eigenvalue weighted by atomic mass is 35.5. The predicted molar refractivity (Wildman–Crippen MR) is 48.5 cm³/mol. The molecule has 0 rings (SSSR count). The Morgan fingerprint density at radius 1 is 1.50 bits per heavy atom. The first-order chi connectivity index (χ1) is 4.81. The molecule has 60 valence electrons. The van der Waals surface area contributed by atoms with Crippen molar-refractivity contribution in [2.24, 2.45) is 5.92 Å². The Morgan fingerprint density at radius 2 is 2.20 bits per heavy atom. The van der Waals surface area contributed by atoms with Crippen LogP contribution in [0.3, 0.4) is 0 Å². The number of halogens is 1. The zero-order chi connectivity index (χ0) is 7.82. The van der Waals surface area contributed by atoms with Gasteiger partial charge in [-0.25, -0.2) is 0 Å². The molecule has 0 saturated carbocycles. The van der Waals surface area contributed by atoms with Crippen LogP contribution >= 0.6 is 11.6 Å². The fourth-order valence-corrected chi connectivity index (χ4v) is 1.01. The van der Waals surface area contributed by atoms with Crippen LogP contribution in [0.2, 0.25) is 0 Å². The fourth-order valence-electron chi connectivity index (χ4n) is 0.859. The zero-order valence-corrected chi connectivity index (χ0v) is 7.53. The summed E-state index contributed by atoms with van der Waals surface area (Å²) < 4.78 is 0. The molecule has 1 unspecified atom stereocenters. The third-order valence-electron chi connectivity index (χ3n) is 1.62. The summed E-state index contributed by atoms with van der Waals surface area (Å²) in [5.41, 5.74) is 0. The van der Waals surface area contributed by atoms with Crippen LogP contribution in [0.5, 0.6) is 0 Å². The summed E-state index contributed by atoms with van der Waals surface area (Å²) in [6, 6.07) is 0. The summed E-state index contributed by atoms with van der Waals surface area (Å²) in [6.07, 6.45) is 6.95. The summed E-state index contributed by atoms with van der Waals surface area (Å²) in [4.78, 5) is 0. The topological polar surface area (TPSA) is 0 Å². The molecule has 0 spiro atoms. The van der Waals surface area contributed by atoms with Gasteiger partial charge < -0.3 is 0 Å². The van der Waals surface area contributed by atoms with Crippen LogP contribution in [0.15, 0.2) is 12.7 Å². The van der Waals surface area contributed by atoms with Crippen LogP contribution in [-0.2, 0) is 0 Å². The lowest BCUT2D eigenvalue weighted by Gasteiger charge is -2.04. The minimum Gasteiger partial charge on any atom is -0.126 e. The quantitative estimate of drug-likeness (QED) is 0.317. The van der Waals surface area contributed by atoms with Crippen molar-refractivity contribution < 1.29 is 0 Å². The van der Waals surface area contributed by atoms with Gasteiger partial charge in [0.15, 0.2) is 0 Å². The standard InChI is InChI=1S/C9H17Cl/c1-3-4-5-6-7-9(2)8-10/h3,9H,1,4-8H2,2H3. The highest BCUT2D eigenvalue weighted by Crippen LogP contribution is 2.10. The molecule has 1 atom stereocenters. The molecule has 0 fully saturated rings. The molecule has 0 aromatic carbocycles. The first-order valence-electron chi connectivity index (χ1n) is 3.98. The van der Waals surface area contributed by atoms with Crippen molar-refractivity contribution in [2.75, 3.05) is 5.88 Å². The number of alkyl halides is 1. The van der Waals surface area contributed by atoms with Gasteiger partial charge in [0.25, 0.3) is 0 Å². The molecule has 0 radical (unpaired) electrons. The lowest BCUT2D eigenvalue weighted by molar-refractivity contribution is 0.545. The van der Waals surface area contributed by atoms with Gasteiger partial charge in [0, 0.05) is 5.88 Å². The van der Waals surface area contributed by atoms with E-state index in [2.05, 4.69) is 13.5 Å². The molecule has 0 amide bonds. The molecule has 10 heavy (non-hydrogen) atoms. The van der Waals surface area contributed by atoms with Crippen LogP contribution < -0.4 is 0 Å². The second-order valence-electron chi connectivity index (χ2n) is 2.83. The Morgan fingerprint density at radius 3 is 2.70 bits per heavy atom. The Labute approximate surface area is 69.3 Å². The van der Waals surface area contributed by atoms with Crippen molar-refractivity contribution in [3.8, 4) is 0 Å². The summed E-state index contributed by atoms with van der Waals surface area (Å²) in [5, 5.41) is 0. The van der Waals surface area contributed by atoms with Crippen molar-refractivity contribution in [1.82, 2.24) is 0 Å². The lowest BCUT2D eigenvalue weighted by atomic mass is 10.1. The average molecular weight is 161 g/mol. The summed E-state index contributed by atoms with van der Waals surface area (Å²) in [6.45, 7) is 5.87. The molecule has 0 nitrogen and oxygen atoms in total. The first kappa shape index (κ1) is 10.0. The fraction of sp³-hybridized carbons (Fsp3) is 0.778. The molecule has 0 aliphatic rings. The molecule has 0 aliphatic heterocycles. The van der Waals surface area contributed by atoms with Gasteiger partial charge >= 0.3 is 0 Å². The van der Waals surface area contributed by atoms with Gasteiger partial charge in [0.1, 0.15) is 0 Å². The van der Waals surface area contributed by atoms with E-state index in [-0.39, 0.29) is 0 Å². The smallest absolute Gasteiger partial charge is 0.0249 e. The Bertz CT molecular complexity index is 78.8. The van der Waals surface area contributed by atoms with E-state index in [0.717, 1.165) is 12.3 Å². The molecule has 0 saturated heterocycles. The predicted octanol–water partition coefficient (Wildman–Crippen LogP) is 3.61. The highest BCUT2D eigenvalue weighted by molar-refractivity contribution is 6.18. The Balaban J connectivity index is 2.95. The first-order valence-corrected chi connectivity index (χ1v) is 4.51. The minimum absolute atomic E-state index is 0.687. The summed E-state index contributed by atoms with van der Waals surface area (Å²) in [5.74, 6) is 1.49. The number of unbranched alkanes of at least 4 members (excludes halogenated alkanes) is 2. The molecular weight excluding hydrogens is 144 g/mol. The van der Waals surface area contributed by atoms with E-state index in [4.69, 9.17) is 11.6 Å².